The van der Waals surface area contributed by atoms with Gasteiger partial charge in [-0.1, -0.05) is 13.0 Å². The molecule has 16 heavy (non-hydrogen) atoms. The van der Waals surface area contributed by atoms with Crippen molar-refractivity contribution in [1.29, 1.82) is 0 Å². The van der Waals surface area contributed by atoms with Gasteiger partial charge in [0, 0.05) is 11.8 Å². The quantitative estimate of drug-likeness (QED) is 0.808. The average Bonchev–Trinajstić information content (AvgIpc) is 2.85. The fourth-order valence-electron chi connectivity index (χ4n) is 2.76. The van der Waals surface area contributed by atoms with Gasteiger partial charge in [-0.2, -0.15) is 0 Å². The normalized spacial score (nSPS) is 32.0. The van der Waals surface area contributed by atoms with Gasteiger partial charge in [0.1, 0.15) is 5.75 Å². The van der Waals surface area contributed by atoms with Crippen LogP contribution in [0.2, 0.25) is 0 Å². The Morgan fingerprint density at radius 2 is 2.38 bits per heavy atom. The number of benzene rings is 1. The molecule has 3 heteroatoms. The van der Waals surface area contributed by atoms with Gasteiger partial charge >= 0.3 is 0 Å². The van der Waals surface area contributed by atoms with Gasteiger partial charge in [0.15, 0.2) is 0 Å². The molecule has 1 aromatic carbocycles. The van der Waals surface area contributed by atoms with Gasteiger partial charge < -0.3 is 4.74 Å². The molecule has 0 radical (unpaired) electrons. The van der Waals surface area contributed by atoms with E-state index in [-0.39, 0.29) is 4.87 Å². The van der Waals surface area contributed by atoms with Crippen molar-refractivity contribution in [2.45, 2.75) is 29.9 Å². The Balaban J connectivity index is 2.03. The lowest BCUT2D eigenvalue weighted by molar-refractivity contribution is 0.413. The molecule has 1 aliphatic carbocycles. The fraction of sp³-hybridized carbons (Fsp3) is 0.538. The predicted octanol–water partition coefficient (Wildman–Crippen LogP) is 2.52. The van der Waals surface area contributed by atoms with Gasteiger partial charge in [-0.3, -0.25) is 5.32 Å². The second kappa shape index (κ2) is 3.67. The third-order valence-corrected chi connectivity index (χ3v) is 5.12. The van der Waals surface area contributed by atoms with Crippen molar-refractivity contribution in [2.75, 3.05) is 13.7 Å². The van der Waals surface area contributed by atoms with Crippen molar-refractivity contribution in [3.05, 3.63) is 29.3 Å². The molecule has 1 N–H and O–H groups in total. The standard InChI is InChI=1S/C13H17NOS/c1-9-8-14-13(16-9)6-5-10-3-4-11(15-2)7-12(10)13/h3-4,7,9,14H,5-6,8H2,1-2H3. The van der Waals surface area contributed by atoms with Crippen LogP contribution in [-0.4, -0.2) is 18.9 Å². The number of nitrogens with one attached hydrogen (secondary N) is 1. The van der Waals surface area contributed by atoms with E-state index in [1.807, 2.05) is 0 Å². The first-order valence-corrected chi connectivity index (χ1v) is 6.72. The summed E-state index contributed by atoms with van der Waals surface area (Å²) in [6.45, 7) is 3.41. The van der Waals surface area contributed by atoms with E-state index in [1.54, 1.807) is 7.11 Å². The second-order valence-electron chi connectivity index (χ2n) is 4.66. The van der Waals surface area contributed by atoms with E-state index in [0.717, 1.165) is 12.3 Å². The highest BCUT2D eigenvalue weighted by Gasteiger charge is 2.44. The van der Waals surface area contributed by atoms with Crippen molar-refractivity contribution < 1.29 is 4.74 Å². The number of hydrogen-bond donors (Lipinski definition) is 1. The predicted molar refractivity (Wildman–Crippen MR) is 68.0 cm³/mol. The highest BCUT2D eigenvalue weighted by atomic mass is 32.2. The molecular weight excluding hydrogens is 218 g/mol. The number of hydrogen-bond acceptors (Lipinski definition) is 3. The van der Waals surface area contributed by atoms with Crippen LogP contribution >= 0.6 is 11.8 Å². The second-order valence-corrected chi connectivity index (χ2v) is 6.40. The van der Waals surface area contributed by atoms with E-state index < -0.39 is 0 Å². The van der Waals surface area contributed by atoms with Gasteiger partial charge in [0.05, 0.1) is 12.0 Å². The minimum atomic E-state index is 0.170. The van der Waals surface area contributed by atoms with E-state index in [9.17, 15) is 0 Å². The van der Waals surface area contributed by atoms with Crippen molar-refractivity contribution in [3.8, 4) is 5.75 Å². The lowest BCUT2D eigenvalue weighted by atomic mass is 10.1. The molecule has 1 saturated heterocycles. The molecule has 0 bridgehead atoms. The van der Waals surface area contributed by atoms with Gasteiger partial charge in [0.25, 0.3) is 0 Å². The van der Waals surface area contributed by atoms with Gasteiger partial charge in [-0.15, -0.1) is 11.8 Å². The largest absolute Gasteiger partial charge is 0.497 e. The van der Waals surface area contributed by atoms with Crippen LogP contribution in [0.3, 0.4) is 0 Å². The number of methoxy groups -OCH3 is 1. The molecular formula is C13H17NOS. The fourth-order valence-corrected chi connectivity index (χ4v) is 4.32. The maximum atomic E-state index is 5.33. The van der Waals surface area contributed by atoms with Gasteiger partial charge in [-0.05, 0) is 36.1 Å². The van der Waals surface area contributed by atoms with Crippen molar-refractivity contribution in [1.82, 2.24) is 5.32 Å². The molecule has 2 atom stereocenters. The molecule has 1 heterocycles. The van der Waals surface area contributed by atoms with Crippen LogP contribution in [-0.2, 0) is 11.3 Å². The number of aryl methyl sites for hydroxylation is 1. The SMILES string of the molecule is COc1ccc2c(c1)C1(CC2)NCC(C)S1. The molecule has 1 aromatic rings. The highest BCUT2D eigenvalue weighted by Crippen LogP contribution is 2.50. The minimum Gasteiger partial charge on any atom is -0.497 e. The number of rotatable bonds is 1. The number of fused-ring (bicyclic) bond motifs is 2. The smallest absolute Gasteiger partial charge is 0.119 e. The summed E-state index contributed by atoms with van der Waals surface area (Å²) in [6.07, 6.45) is 2.40. The van der Waals surface area contributed by atoms with E-state index in [1.165, 1.54) is 24.0 Å². The molecule has 0 aromatic heterocycles. The summed E-state index contributed by atoms with van der Waals surface area (Å²) in [6, 6.07) is 6.50. The van der Waals surface area contributed by atoms with Gasteiger partial charge in [0.2, 0.25) is 0 Å². The number of ether oxygens (including phenoxy) is 1. The summed E-state index contributed by atoms with van der Waals surface area (Å²) in [4.78, 5) is 0.170. The lowest BCUT2D eigenvalue weighted by Crippen LogP contribution is -2.31. The van der Waals surface area contributed by atoms with Crippen molar-refractivity contribution in [3.63, 3.8) is 0 Å². The summed E-state index contributed by atoms with van der Waals surface area (Å²) >= 11 is 2.07. The molecule has 1 spiro atoms. The zero-order valence-electron chi connectivity index (χ0n) is 9.75. The molecule has 2 nitrogen and oxygen atoms in total. The maximum Gasteiger partial charge on any atom is 0.119 e. The summed E-state index contributed by atoms with van der Waals surface area (Å²) in [5.74, 6) is 0.974. The Kier molecular flexibility index (Phi) is 2.41. The van der Waals surface area contributed by atoms with Crippen LogP contribution in [0.1, 0.15) is 24.5 Å². The Labute approximate surface area is 101 Å². The third kappa shape index (κ3) is 1.45. The molecule has 1 aliphatic heterocycles. The molecule has 2 unspecified atom stereocenters. The Hall–Kier alpha value is -0.670. The monoisotopic (exact) mass is 235 g/mol. The van der Waals surface area contributed by atoms with Crippen LogP contribution in [0.15, 0.2) is 18.2 Å². The molecule has 1 fully saturated rings. The zero-order valence-corrected chi connectivity index (χ0v) is 10.6. The topological polar surface area (TPSA) is 21.3 Å². The van der Waals surface area contributed by atoms with Crippen LogP contribution in [0, 0.1) is 0 Å². The van der Waals surface area contributed by atoms with Crippen LogP contribution < -0.4 is 10.1 Å². The van der Waals surface area contributed by atoms with E-state index in [4.69, 9.17) is 4.74 Å². The molecule has 2 aliphatic rings. The zero-order chi connectivity index (χ0) is 11.2. The first-order chi connectivity index (χ1) is 7.73. The van der Waals surface area contributed by atoms with Crippen LogP contribution in [0.5, 0.6) is 5.75 Å². The van der Waals surface area contributed by atoms with E-state index in [2.05, 4.69) is 42.2 Å². The number of thioether (sulfide) groups is 1. The van der Waals surface area contributed by atoms with Gasteiger partial charge in [-0.25, -0.2) is 0 Å². The maximum absolute atomic E-state index is 5.33. The summed E-state index contributed by atoms with van der Waals surface area (Å²) in [7, 11) is 1.74. The Morgan fingerprint density at radius 1 is 1.50 bits per heavy atom. The summed E-state index contributed by atoms with van der Waals surface area (Å²) < 4.78 is 5.33. The summed E-state index contributed by atoms with van der Waals surface area (Å²) in [5, 5.41) is 4.40. The molecule has 3 rings (SSSR count). The average molecular weight is 235 g/mol. The molecule has 0 saturated carbocycles. The van der Waals surface area contributed by atoms with Crippen LogP contribution in [0.4, 0.5) is 0 Å². The summed E-state index contributed by atoms with van der Waals surface area (Å²) in [5.41, 5.74) is 2.93. The minimum absolute atomic E-state index is 0.170. The molecule has 86 valence electrons. The van der Waals surface area contributed by atoms with Crippen LogP contribution in [0.25, 0.3) is 0 Å². The first kappa shape index (κ1) is 10.5. The van der Waals surface area contributed by atoms with Crippen molar-refractivity contribution in [2.24, 2.45) is 0 Å². The first-order valence-electron chi connectivity index (χ1n) is 5.84. The third-order valence-electron chi connectivity index (χ3n) is 3.58. The lowest BCUT2D eigenvalue weighted by Gasteiger charge is -2.24. The highest BCUT2D eigenvalue weighted by molar-refractivity contribution is 8.01. The Bertz CT molecular complexity index is 416. The van der Waals surface area contributed by atoms with E-state index >= 15 is 0 Å². The molecule has 0 amide bonds. The van der Waals surface area contributed by atoms with Crippen molar-refractivity contribution >= 4 is 11.8 Å². The van der Waals surface area contributed by atoms with E-state index in [0.29, 0.717) is 5.25 Å². The Morgan fingerprint density at radius 3 is 3.06 bits per heavy atom.